The third-order valence-corrected chi connectivity index (χ3v) is 4.88. The van der Waals surface area contributed by atoms with Crippen LogP contribution < -0.4 is 10.1 Å². The Morgan fingerprint density at radius 2 is 1.72 bits per heavy atom. The number of benzene rings is 2. The Morgan fingerprint density at radius 1 is 0.969 bits per heavy atom. The molecule has 0 saturated heterocycles. The number of carbonyl (C=O) groups excluding carboxylic acids is 2. The van der Waals surface area contributed by atoms with Crippen LogP contribution in [0.3, 0.4) is 0 Å². The largest absolute Gasteiger partial charge is 0.494 e. The molecule has 32 heavy (non-hydrogen) atoms. The minimum Gasteiger partial charge on any atom is -0.494 e. The molecule has 0 spiro atoms. The van der Waals surface area contributed by atoms with Gasteiger partial charge in [0, 0.05) is 5.56 Å². The molecule has 0 aliphatic heterocycles. The predicted octanol–water partition coefficient (Wildman–Crippen LogP) is 5.26. The van der Waals surface area contributed by atoms with Gasteiger partial charge in [-0.3, -0.25) is 4.79 Å². The highest BCUT2D eigenvalue weighted by molar-refractivity contribution is 6.07. The van der Waals surface area contributed by atoms with Crippen molar-refractivity contribution in [2.24, 2.45) is 0 Å². The van der Waals surface area contributed by atoms with E-state index in [1.807, 2.05) is 30.3 Å². The zero-order chi connectivity index (χ0) is 22.8. The minimum absolute atomic E-state index is 0.191. The van der Waals surface area contributed by atoms with Crippen LogP contribution in [0.25, 0.3) is 5.69 Å². The normalized spacial score (nSPS) is 10.6. The van der Waals surface area contributed by atoms with Crippen molar-refractivity contribution >= 4 is 17.7 Å². The van der Waals surface area contributed by atoms with Crippen LogP contribution in [0.4, 0.5) is 5.82 Å². The van der Waals surface area contributed by atoms with Gasteiger partial charge in [-0.1, -0.05) is 44.4 Å². The number of nitrogens with zero attached hydrogens (tertiary/aromatic N) is 2. The Morgan fingerprint density at radius 3 is 2.41 bits per heavy atom. The zero-order valence-corrected chi connectivity index (χ0v) is 18.5. The van der Waals surface area contributed by atoms with Gasteiger partial charge >= 0.3 is 5.97 Å². The molecule has 0 saturated carbocycles. The standard InChI is InChI=1S/C25H29N3O4/c1-3-5-6-10-17-32-21-15-13-19(14-16-21)24(29)27-23-22(25(30)31-4-2)18-26-28(23)20-11-8-7-9-12-20/h7-9,11-16,18H,3-6,10,17H2,1-2H3,(H,27,29). The van der Waals surface area contributed by atoms with Crippen molar-refractivity contribution in [2.75, 3.05) is 18.5 Å². The Balaban J connectivity index is 1.75. The van der Waals surface area contributed by atoms with E-state index in [0.717, 1.165) is 18.6 Å². The zero-order valence-electron chi connectivity index (χ0n) is 18.5. The number of amides is 1. The van der Waals surface area contributed by atoms with Gasteiger partial charge in [-0.25, -0.2) is 9.48 Å². The summed E-state index contributed by atoms with van der Waals surface area (Å²) in [6, 6.07) is 16.2. The SMILES string of the molecule is CCCCCCOc1ccc(C(=O)Nc2c(C(=O)OCC)cnn2-c2ccccc2)cc1. The molecular weight excluding hydrogens is 406 g/mol. The highest BCUT2D eigenvalue weighted by atomic mass is 16.5. The lowest BCUT2D eigenvalue weighted by atomic mass is 10.2. The van der Waals surface area contributed by atoms with Gasteiger partial charge in [-0.15, -0.1) is 0 Å². The van der Waals surface area contributed by atoms with Crippen LogP contribution in [0.1, 0.15) is 60.2 Å². The number of unbranched alkanes of at least 4 members (excludes halogenated alkanes) is 3. The molecule has 0 fully saturated rings. The molecule has 2 aromatic carbocycles. The monoisotopic (exact) mass is 435 g/mol. The number of anilines is 1. The average Bonchev–Trinajstić information content (AvgIpc) is 3.23. The van der Waals surface area contributed by atoms with Crippen LogP contribution in [0.15, 0.2) is 60.8 Å². The first kappa shape index (κ1) is 23.1. The number of hydrogen-bond acceptors (Lipinski definition) is 5. The number of nitrogens with one attached hydrogen (secondary N) is 1. The van der Waals surface area contributed by atoms with Gasteiger partial charge in [0.1, 0.15) is 11.3 Å². The van der Waals surface area contributed by atoms with Gasteiger partial charge in [0.25, 0.3) is 5.91 Å². The molecule has 0 bridgehead atoms. The van der Waals surface area contributed by atoms with Crippen molar-refractivity contribution in [3.05, 3.63) is 71.9 Å². The molecule has 1 heterocycles. The molecule has 7 heteroatoms. The van der Waals surface area contributed by atoms with E-state index in [1.165, 1.54) is 23.7 Å². The smallest absolute Gasteiger partial charge is 0.343 e. The van der Waals surface area contributed by atoms with Gasteiger partial charge in [0.05, 0.1) is 25.1 Å². The highest BCUT2D eigenvalue weighted by Crippen LogP contribution is 2.22. The van der Waals surface area contributed by atoms with E-state index in [0.29, 0.717) is 17.9 Å². The number of rotatable bonds is 11. The van der Waals surface area contributed by atoms with Crippen molar-refractivity contribution in [2.45, 2.75) is 39.5 Å². The Hall–Kier alpha value is -3.61. The second kappa shape index (κ2) is 11.7. The molecule has 0 atom stereocenters. The lowest BCUT2D eigenvalue weighted by Crippen LogP contribution is -2.18. The molecule has 1 aromatic heterocycles. The fourth-order valence-corrected chi connectivity index (χ4v) is 3.19. The maximum atomic E-state index is 12.9. The first-order chi connectivity index (χ1) is 15.6. The topological polar surface area (TPSA) is 82.4 Å². The predicted molar refractivity (Wildman–Crippen MR) is 124 cm³/mol. The second-order valence-electron chi connectivity index (χ2n) is 7.26. The van der Waals surface area contributed by atoms with Crippen LogP contribution in [-0.2, 0) is 4.74 Å². The van der Waals surface area contributed by atoms with Crippen LogP contribution in [0.5, 0.6) is 5.75 Å². The molecule has 7 nitrogen and oxygen atoms in total. The van der Waals surface area contributed by atoms with Crippen molar-refractivity contribution in [3.63, 3.8) is 0 Å². The van der Waals surface area contributed by atoms with Crippen molar-refractivity contribution < 1.29 is 19.1 Å². The molecule has 168 valence electrons. The maximum absolute atomic E-state index is 12.9. The lowest BCUT2D eigenvalue weighted by molar-refractivity contribution is 0.0527. The van der Waals surface area contributed by atoms with E-state index in [1.54, 1.807) is 31.2 Å². The Kier molecular flexibility index (Phi) is 8.43. The summed E-state index contributed by atoms with van der Waals surface area (Å²) >= 11 is 0. The quantitative estimate of drug-likeness (QED) is 0.328. The summed E-state index contributed by atoms with van der Waals surface area (Å²) in [5.41, 5.74) is 1.35. The van der Waals surface area contributed by atoms with E-state index < -0.39 is 5.97 Å². The number of para-hydroxylation sites is 1. The van der Waals surface area contributed by atoms with Crippen molar-refractivity contribution in [1.82, 2.24) is 9.78 Å². The van der Waals surface area contributed by atoms with E-state index >= 15 is 0 Å². The summed E-state index contributed by atoms with van der Waals surface area (Å²) in [5.74, 6) is 0.0787. The number of carbonyl (C=O) groups is 2. The Bertz CT molecular complexity index is 1010. The van der Waals surface area contributed by atoms with Gasteiger partial charge < -0.3 is 14.8 Å². The van der Waals surface area contributed by atoms with E-state index in [4.69, 9.17) is 9.47 Å². The summed E-state index contributed by atoms with van der Waals surface area (Å²) in [6.45, 7) is 4.78. The molecule has 0 unspecified atom stereocenters. The van der Waals surface area contributed by atoms with Gasteiger partial charge in [-0.05, 0) is 49.7 Å². The van der Waals surface area contributed by atoms with Crippen LogP contribution in [0, 0.1) is 0 Å². The fraction of sp³-hybridized carbons (Fsp3) is 0.320. The van der Waals surface area contributed by atoms with E-state index in [9.17, 15) is 9.59 Å². The maximum Gasteiger partial charge on any atom is 0.343 e. The molecular formula is C25H29N3O4. The van der Waals surface area contributed by atoms with Crippen molar-refractivity contribution in [1.29, 1.82) is 0 Å². The molecule has 0 aliphatic carbocycles. The Labute approximate surface area is 188 Å². The summed E-state index contributed by atoms with van der Waals surface area (Å²) in [4.78, 5) is 25.3. The van der Waals surface area contributed by atoms with E-state index in [-0.39, 0.29) is 23.9 Å². The minimum atomic E-state index is -0.545. The van der Waals surface area contributed by atoms with Crippen LogP contribution >= 0.6 is 0 Å². The van der Waals surface area contributed by atoms with Gasteiger partial charge in [0.2, 0.25) is 0 Å². The molecule has 3 aromatic rings. The molecule has 1 amide bonds. The van der Waals surface area contributed by atoms with Crippen LogP contribution in [-0.4, -0.2) is 34.9 Å². The van der Waals surface area contributed by atoms with Gasteiger partial charge in [-0.2, -0.15) is 5.10 Å². The third-order valence-electron chi connectivity index (χ3n) is 4.88. The van der Waals surface area contributed by atoms with Gasteiger partial charge in [0.15, 0.2) is 5.82 Å². The summed E-state index contributed by atoms with van der Waals surface area (Å²) < 4.78 is 12.4. The first-order valence-electron chi connectivity index (χ1n) is 11.0. The summed E-state index contributed by atoms with van der Waals surface area (Å²) in [7, 11) is 0. The molecule has 0 radical (unpaired) electrons. The van der Waals surface area contributed by atoms with E-state index in [2.05, 4.69) is 17.3 Å². The number of ether oxygens (including phenoxy) is 2. The highest BCUT2D eigenvalue weighted by Gasteiger charge is 2.22. The molecule has 0 aliphatic rings. The average molecular weight is 436 g/mol. The first-order valence-corrected chi connectivity index (χ1v) is 11.0. The third kappa shape index (κ3) is 5.97. The lowest BCUT2D eigenvalue weighted by Gasteiger charge is -2.12. The summed E-state index contributed by atoms with van der Waals surface area (Å²) in [6.07, 6.45) is 5.95. The molecule has 3 rings (SSSR count). The number of hydrogen-bond donors (Lipinski definition) is 1. The molecule has 1 N–H and O–H groups in total. The number of aromatic nitrogens is 2. The fourth-order valence-electron chi connectivity index (χ4n) is 3.19. The second-order valence-corrected chi connectivity index (χ2v) is 7.26. The number of esters is 1. The summed E-state index contributed by atoms with van der Waals surface area (Å²) in [5, 5.41) is 7.11. The van der Waals surface area contributed by atoms with Crippen molar-refractivity contribution in [3.8, 4) is 11.4 Å². The van der Waals surface area contributed by atoms with Crippen LogP contribution in [0.2, 0.25) is 0 Å².